The lowest BCUT2D eigenvalue weighted by Gasteiger charge is -2.23. The number of likely N-dealkylation sites (N-methyl/N-ethyl adjacent to an activating group) is 1. The van der Waals surface area contributed by atoms with Crippen LogP contribution in [0.5, 0.6) is 0 Å². The molecule has 2 amide bonds. The third-order valence-electron chi connectivity index (χ3n) is 6.48. The van der Waals surface area contributed by atoms with Crippen molar-refractivity contribution in [2.75, 3.05) is 43.4 Å². The molecule has 200 valence electrons. The van der Waals surface area contributed by atoms with Gasteiger partial charge in [-0.05, 0) is 49.6 Å². The second kappa shape index (κ2) is 14.3. The topological polar surface area (TPSA) is 112 Å². The highest BCUT2D eigenvalue weighted by Crippen LogP contribution is 2.37. The van der Waals surface area contributed by atoms with E-state index < -0.39 is 11.8 Å². The zero-order valence-electron chi connectivity index (χ0n) is 21.7. The Bertz CT molecular complexity index is 1200. The van der Waals surface area contributed by atoms with E-state index in [1.807, 2.05) is 55.3 Å². The van der Waals surface area contributed by atoms with Gasteiger partial charge in [0.05, 0.1) is 28.4 Å². The highest BCUT2D eigenvalue weighted by atomic mass is 32.2. The smallest absolute Gasteiger partial charge is 0.238 e. The molecule has 0 aromatic heterocycles. The molecule has 10 heteroatoms. The number of carbonyl (C=O) groups is 2. The van der Waals surface area contributed by atoms with Crippen molar-refractivity contribution >= 4 is 35.0 Å². The molecule has 3 unspecified atom stereocenters. The number of hydrogen-bond donors (Lipinski definition) is 2. The van der Waals surface area contributed by atoms with Gasteiger partial charge in [-0.2, -0.15) is 10.5 Å². The summed E-state index contributed by atoms with van der Waals surface area (Å²) in [5.74, 6) is -1.62. The van der Waals surface area contributed by atoms with Crippen LogP contribution in [-0.4, -0.2) is 60.6 Å². The summed E-state index contributed by atoms with van der Waals surface area (Å²) >= 11 is 1.49. The highest BCUT2D eigenvalue weighted by Gasteiger charge is 2.40. The predicted octanol–water partition coefficient (Wildman–Crippen LogP) is 3.77. The van der Waals surface area contributed by atoms with Gasteiger partial charge in [0.1, 0.15) is 18.3 Å². The van der Waals surface area contributed by atoms with Crippen molar-refractivity contribution in [1.82, 2.24) is 10.2 Å². The summed E-state index contributed by atoms with van der Waals surface area (Å²) in [6.45, 7) is 3.50. The van der Waals surface area contributed by atoms with Crippen molar-refractivity contribution in [3.05, 3.63) is 59.9 Å². The molecule has 0 bridgehead atoms. The fraction of sp³-hybridized carbons (Fsp3) is 0.429. The predicted molar refractivity (Wildman–Crippen MR) is 148 cm³/mol. The van der Waals surface area contributed by atoms with Gasteiger partial charge in [-0.25, -0.2) is 4.39 Å². The average molecular weight is 537 g/mol. The Morgan fingerprint density at radius 1 is 1.24 bits per heavy atom. The van der Waals surface area contributed by atoms with Crippen LogP contribution in [0.4, 0.5) is 15.8 Å². The Labute approximate surface area is 227 Å². The van der Waals surface area contributed by atoms with Crippen LogP contribution in [-0.2, 0) is 16.0 Å². The normalized spacial score (nSPS) is 17.4. The number of amides is 2. The molecule has 0 spiro atoms. The van der Waals surface area contributed by atoms with Gasteiger partial charge in [-0.3, -0.25) is 9.59 Å². The number of rotatable bonds is 13. The zero-order valence-corrected chi connectivity index (χ0v) is 22.5. The maximum atomic E-state index is 14.0. The van der Waals surface area contributed by atoms with Gasteiger partial charge in [0.25, 0.3) is 0 Å². The SMILES string of the molecule is CCN1C(=O)C(CCNc2cccc(CCN(C)c3ccccc3F)c2)SC1CC(C#N)C(=O)NCC#N. The van der Waals surface area contributed by atoms with E-state index in [0.717, 1.165) is 17.7 Å². The van der Waals surface area contributed by atoms with Crippen LogP contribution in [0.2, 0.25) is 0 Å². The van der Waals surface area contributed by atoms with Gasteiger partial charge in [0.2, 0.25) is 11.8 Å². The maximum Gasteiger partial charge on any atom is 0.238 e. The molecule has 0 aliphatic carbocycles. The Morgan fingerprint density at radius 3 is 2.74 bits per heavy atom. The fourth-order valence-corrected chi connectivity index (χ4v) is 6.00. The minimum Gasteiger partial charge on any atom is -0.385 e. The number of carbonyl (C=O) groups excluding carboxylic acids is 2. The molecular weight excluding hydrogens is 503 g/mol. The number of anilines is 2. The molecule has 0 radical (unpaired) electrons. The molecule has 3 atom stereocenters. The summed E-state index contributed by atoms with van der Waals surface area (Å²) in [7, 11) is 1.88. The fourth-order valence-electron chi connectivity index (χ4n) is 4.41. The molecule has 1 heterocycles. The second-order valence-electron chi connectivity index (χ2n) is 9.04. The first-order chi connectivity index (χ1) is 18.4. The molecule has 1 fully saturated rings. The molecule has 1 saturated heterocycles. The number of nitrogens with one attached hydrogen (secondary N) is 2. The Hall–Kier alpha value is -3.76. The minimum absolute atomic E-state index is 0.0170. The molecule has 1 aliphatic heterocycles. The lowest BCUT2D eigenvalue weighted by Crippen LogP contribution is -2.38. The first-order valence-electron chi connectivity index (χ1n) is 12.7. The van der Waals surface area contributed by atoms with Crippen LogP contribution >= 0.6 is 11.8 Å². The molecule has 38 heavy (non-hydrogen) atoms. The lowest BCUT2D eigenvalue weighted by molar-refractivity contribution is -0.131. The molecule has 1 aliphatic rings. The molecule has 2 N–H and O–H groups in total. The van der Waals surface area contributed by atoms with Crippen LogP contribution in [0.3, 0.4) is 0 Å². The van der Waals surface area contributed by atoms with E-state index in [0.29, 0.717) is 31.7 Å². The summed E-state index contributed by atoms with van der Waals surface area (Å²) in [5.41, 5.74) is 2.65. The van der Waals surface area contributed by atoms with Crippen molar-refractivity contribution in [2.45, 2.75) is 36.8 Å². The highest BCUT2D eigenvalue weighted by molar-refractivity contribution is 8.01. The first kappa shape index (κ1) is 28.8. The van der Waals surface area contributed by atoms with Crippen molar-refractivity contribution in [3.8, 4) is 12.1 Å². The van der Waals surface area contributed by atoms with Crippen molar-refractivity contribution < 1.29 is 14.0 Å². The summed E-state index contributed by atoms with van der Waals surface area (Å²) in [4.78, 5) is 28.8. The summed E-state index contributed by atoms with van der Waals surface area (Å²) < 4.78 is 14.0. The van der Waals surface area contributed by atoms with Crippen LogP contribution in [0.25, 0.3) is 0 Å². The van der Waals surface area contributed by atoms with Crippen LogP contribution < -0.4 is 15.5 Å². The van der Waals surface area contributed by atoms with E-state index in [-0.39, 0.29) is 35.3 Å². The number of halogens is 1. The number of nitriles is 2. The number of hydrogen-bond acceptors (Lipinski definition) is 7. The van der Waals surface area contributed by atoms with E-state index >= 15 is 0 Å². The molecule has 3 rings (SSSR count). The van der Waals surface area contributed by atoms with E-state index in [4.69, 9.17) is 5.26 Å². The van der Waals surface area contributed by atoms with Crippen LogP contribution in [0.1, 0.15) is 25.3 Å². The minimum atomic E-state index is -0.917. The van der Waals surface area contributed by atoms with E-state index in [2.05, 4.69) is 16.7 Å². The largest absolute Gasteiger partial charge is 0.385 e. The number of para-hydroxylation sites is 1. The van der Waals surface area contributed by atoms with Gasteiger partial charge < -0.3 is 20.4 Å². The molecule has 0 saturated carbocycles. The standard InChI is InChI=1S/C28H33FN6O2S/c1-3-35-26(18-21(19-31)27(36)33-15-13-30)38-25(28(35)37)11-14-32-22-8-6-7-20(17-22)12-16-34(2)24-10-5-4-9-23(24)29/h4-10,17,21,25-26,32H,3,11-12,14-16,18H2,1-2H3,(H,33,36). The Balaban J connectivity index is 1.51. The molecule has 8 nitrogen and oxygen atoms in total. The van der Waals surface area contributed by atoms with E-state index in [1.54, 1.807) is 17.0 Å². The molecular formula is C28H33FN6O2S. The van der Waals surface area contributed by atoms with Crippen molar-refractivity contribution in [3.63, 3.8) is 0 Å². The third kappa shape index (κ3) is 7.62. The van der Waals surface area contributed by atoms with E-state index in [9.17, 15) is 19.2 Å². The Morgan fingerprint density at radius 2 is 2.03 bits per heavy atom. The zero-order chi connectivity index (χ0) is 27.5. The van der Waals surface area contributed by atoms with Crippen LogP contribution in [0, 0.1) is 34.4 Å². The number of benzene rings is 2. The quantitative estimate of drug-likeness (QED) is 0.375. The van der Waals surface area contributed by atoms with Crippen LogP contribution in [0.15, 0.2) is 48.5 Å². The van der Waals surface area contributed by atoms with Gasteiger partial charge in [-0.1, -0.05) is 24.3 Å². The van der Waals surface area contributed by atoms with Gasteiger partial charge in [0, 0.05) is 38.8 Å². The van der Waals surface area contributed by atoms with Gasteiger partial charge >= 0.3 is 0 Å². The third-order valence-corrected chi connectivity index (χ3v) is 8.01. The summed E-state index contributed by atoms with van der Waals surface area (Å²) in [5, 5.41) is 23.4. The number of thioether (sulfide) groups is 1. The monoisotopic (exact) mass is 536 g/mol. The Kier molecular flexibility index (Phi) is 10.8. The summed E-state index contributed by atoms with van der Waals surface area (Å²) in [6, 6.07) is 18.6. The van der Waals surface area contributed by atoms with Crippen molar-refractivity contribution in [2.24, 2.45) is 5.92 Å². The van der Waals surface area contributed by atoms with Gasteiger partial charge in [-0.15, -0.1) is 11.8 Å². The van der Waals surface area contributed by atoms with Gasteiger partial charge in [0.15, 0.2) is 0 Å². The van der Waals surface area contributed by atoms with E-state index in [1.165, 1.54) is 17.8 Å². The number of nitrogens with zero attached hydrogens (tertiary/aromatic N) is 4. The second-order valence-corrected chi connectivity index (χ2v) is 10.4. The average Bonchev–Trinajstić information content (AvgIpc) is 3.23. The summed E-state index contributed by atoms with van der Waals surface area (Å²) in [6.07, 6.45) is 1.59. The maximum absolute atomic E-state index is 14.0. The van der Waals surface area contributed by atoms with Crippen molar-refractivity contribution in [1.29, 1.82) is 10.5 Å². The molecule has 2 aromatic rings. The first-order valence-corrected chi connectivity index (χ1v) is 13.6. The molecule has 2 aromatic carbocycles. The lowest BCUT2D eigenvalue weighted by atomic mass is 10.1.